The number of nitrogens with zero attached hydrogens (tertiary/aromatic N) is 1. The molecule has 7 heteroatoms. The predicted octanol–water partition coefficient (Wildman–Crippen LogP) is 1.70. The van der Waals surface area contributed by atoms with Crippen molar-refractivity contribution in [1.82, 2.24) is 10.7 Å². The van der Waals surface area contributed by atoms with Gasteiger partial charge in [0.1, 0.15) is 5.76 Å². The summed E-state index contributed by atoms with van der Waals surface area (Å²) in [6, 6.07) is 10.4. The molecule has 0 atom stereocenters. The Balaban J connectivity index is 1.81. The van der Waals surface area contributed by atoms with Crippen molar-refractivity contribution >= 4 is 29.6 Å². The van der Waals surface area contributed by atoms with E-state index in [1.54, 1.807) is 36.4 Å². The molecule has 1 aromatic heterocycles. The topological polar surface area (TPSA) is 83.7 Å². The van der Waals surface area contributed by atoms with Crippen LogP contribution >= 0.6 is 11.6 Å². The molecule has 2 rings (SSSR count). The Morgan fingerprint density at radius 3 is 2.71 bits per heavy atom. The number of hydrogen-bond donors (Lipinski definition) is 2. The van der Waals surface area contributed by atoms with E-state index in [1.807, 2.05) is 0 Å². The number of hydrogen-bond acceptors (Lipinski definition) is 4. The van der Waals surface area contributed by atoms with Crippen molar-refractivity contribution in [3.63, 3.8) is 0 Å². The van der Waals surface area contributed by atoms with Crippen molar-refractivity contribution in [2.75, 3.05) is 0 Å². The quantitative estimate of drug-likeness (QED) is 0.512. The van der Waals surface area contributed by atoms with E-state index in [0.29, 0.717) is 16.3 Å². The Kier molecular flexibility index (Phi) is 5.11. The molecule has 21 heavy (non-hydrogen) atoms. The van der Waals surface area contributed by atoms with Gasteiger partial charge >= 0.3 is 11.8 Å². The molecule has 0 saturated carbocycles. The van der Waals surface area contributed by atoms with Crippen LogP contribution in [0.1, 0.15) is 11.3 Å². The molecule has 0 fully saturated rings. The van der Waals surface area contributed by atoms with Crippen molar-refractivity contribution in [3.8, 4) is 0 Å². The molecule has 0 aliphatic heterocycles. The highest BCUT2D eigenvalue weighted by Gasteiger charge is 2.12. The molecule has 1 heterocycles. The molecule has 1 aromatic carbocycles. The van der Waals surface area contributed by atoms with Crippen LogP contribution in [0.3, 0.4) is 0 Å². The number of halogens is 1. The lowest BCUT2D eigenvalue weighted by Gasteiger charge is -2.01. The van der Waals surface area contributed by atoms with Crippen LogP contribution in [0.25, 0.3) is 0 Å². The zero-order valence-electron chi connectivity index (χ0n) is 10.9. The summed E-state index contributed by atoms with van der Waals surface area (Å²) in [5.74, 6) is -1.12. The predicted molar refractivity (Wildman–Crippen MR) is 77.7 cm³/mol. The Labute approximate surface area is 125 Å². The molecular weight excluding hydrogens is 294 g/mol. The van der Waals surface area contributed by atoms with Crippen molar-refractivity contribution in [2.24, 2.45) is 5.10 Å². The summed E-state index contributed by atoms with van der Waals surface area (Å²) < 4.78 is 5.03. The summed E-state index contributed by atoms with van der Waals surface area (Å²) in [6.45, 7) is 0.132. The van der Waals surface area contributed by atoms with Crippen LogP contribution in [0.2, 0.25) is 5.02 Å². The average molecular weight is 306 g/mol. The molecule has 2 N–H and O–H groups in total. The van der Waals surface area contributed by atoms with Crippen LogP contribution in [-0.4, -0.2) is 18.0 Å². The van der Waals surface area contributed by atoms with E-state index in [4.69, 9.17) is 16.0 Å². The van der Waals surface area contributed by atoms with Gasteiger partial charge in [0.15, 0.2) is 0 Å². The summed E-state index contributed by atoms with van der Waals surface area (Å²) >= 11 is 5.92. The standard InChI is InChI=1S/C14H12ClN3O3/c15-12-6-2-1-4-10(12)8-17-18-14(20)13(19)16-9-11-5-3-7-21-11/h1-8H,9H2,(H,16,19)(H,18,20). The summed E-state index contributed by atoms with van der Waals surface area (Å²) in [6.07, 6.45) is 2.84. The number of nitrogens with one attached hydrogen (secondary N) is 2. The SMILES string of the molecule is O=C(NCc1ccco1)C(=O)NN=Cc1ccccc1Cl. The molecule has 0 unspecified atom stereocenters. The van der Waals surface area contributed by atoms with Gasteiger partial charge in [0.2, 0.25) is 0 Å². The third-order valence-electron chi connectivity index (χ3n) is 2.48. The zero-order valence-corrected chi connectivity index (χ0v) is 11.6. The number of hydrazone groups is 1. The molecule has 6 nitrogen and oxygen atoms in total. The number of carbonyl (C=O) groups is 2. The first-order valence-electron chi connectivity index (χ1n) is 6.05. The molecule has 108 valence electrons. The minimum absolute atomic E-state index is 0.132. The summed E-state index contributed by atoms with van der Waals surface area (Å²) in [4.78, 5) is 23.0. The van der Waals surface area contributed by atoms with Gasteiger partial charge in [-0.2, -0.15) is 5.10 Å². The summed E-state index contributed by atoms with van der Waals surface area (Å²) in [5, 5.41) is 6.57. The van der Waals surface area contributed by atoms with Crippen LogP contribution in [-0.2, 0) is 16.1 Å². The zero-order chi connectivity index (χ0) is 15.1. The second-order valence-corrected chi connectivity index (χ2v) is 4.39. The van der Waals surface area contributed by atoms with E-state index in [1.165, 1.54) is 12.5 Å². The van der Waals surface area contributed by atoms with E-state index in [-0.39, 0.29) is 6.54 Å². The third-order valence-corrected chi connectivity index (χ3v) is 2.83. The highest BCUT2D eigenvalue weighted by molar-refractivity contribution is 6.35. The first-order chi connectivity index (χ1) is 10.2. The second-order valence-electron chi connectivity index (χ2n) is 3.98. The van der Waals surface area contributed by atoms with Gasteiger partial charge in [-0.3, -0.25) is 9.59 Å². The van der Waals surface area contributed by atoms with Crippen molar-refractivity contribution in [3.05, 3.63) is 59.0 Å². The minimum Gasteiger partial charge on any atom is -0.467 e. The first-order valence-corrected chi connectivity index (χ1v) is 6.43. The Morgan fingerprint density at radius 1 is 1.19 bits per heavy atom. The Hall–Kier alpha value is -2.60. The lowest BCUT2D eigenvalue weighted by molar-refractivity contribution is -0.139. The average Bonchev–Trinajstić information content (AvgIpc) is 3.00. The minimum atomic E-state index is -0.871. The molecule has 0 bridgehead atoms. The molecule has 0 aliphatic rings. The fourth-order valence-electron chi connectivity index (χ4n) is 1.45. The number of carbonyl (C=O) groups excluding carboxylic acids is 2. The van der Waals surface area contributed by atoms with Gasteiger partial charge in [0.25, 0.3) is 0 Å². The summed E-state index contributed by atoms with van der Waals surface area (Å²) in [5.41, 5.74) is 2.75. The Bertz CT molecular complexity index is 653. The van der Waals surface area contributed by atoms with Gasteiger partial charge in [-0.15, -0.1) is 0 Å². The molecule has 2 aromatic rings. The van der Waals surface area contributed by atoms with Crippen LogP contribution in [0.5, 0.6) is 0 Å². The Morgan fingerprint density at radius 2 is 2.00 bits per heavy atom. The monoisotopic (exact) mass is 305 g/mol. The number of benzene rings is 1. The van der Waals surface area contributed by atoms with Gasteiger partial charge < -0.3 is 9.73 Å². The van der Waals surface area contributed by atoms with Gasteiger partial charge in [0, 0.05) is 10.6 Å². The largest absolute Gasteiger partial charge is 0.467 e. The molecule has 0 radical (unpaired) electrons. The van der Waals surface area contributed by atoms with Gasteiger partial charge in [0.05, 0.1) is 19.0 Å². The van der Waals surface area contributed by atoms with E-state index in [2.05, 4.69) is 15.8 Å². The van der Waals surface area contributed by atoms with Gasteiger partial charge in [-0.25, -0.2) is 5.43 Å². The lowest BCUT2D eigenvalue weighted by Crippen LogP contribution is -2.37. The first kappa shape index (κ1) is 14.8. The smallest absolute Gasteiger partial charge is 0.329 e. The van der Waals surface area contributed by atoms with Gasteiger partial charge in [-0.1, -0.05) is 29.8 Å². The van der Waals surface area contributed by atoms with Crippen LogP contribution in [0.4, 0.5) is 0 Å². The molecule has 2 amide bonds. The fourth-order valence-corrected chi connectivity index (χ4v) is 1.64. The maximum absolute atomic E-state index is 11.5. The number of amides is 2. The fraction of sp³-hybridized carbons (Fsp3) is 0.0714. The van der Waals surface area contributed by atoms with E-state index in [0.717, 1.165) is 0 Å². The normalized spacial score (nSPS) is 10.5. The van der Waals surface area contributed by atoms with E-state index in [9.17, 15) is 9.59 Å². The van der Waals surface area contributed by atoms with E-state index >= 15 is 0 Å². The van der Waals surface area contributed by atoms with Crippen molar-refractivity contribution in [2.45, 2.75) is 6.54 Å². The lowest BCUT2D eigenvalue weighted by atomic mass is 10.2. The van der Waals surface area contributed by atoms with E-state index < -0.39 is 11.8 Å². The van der Waals surface area contributed by atoms with Crippen LogP contribution in [0.15, 0.2) is 52.2 Å². The second kappa shape index (κ2) is 7.25. The van der Waals surface area contributed by atoms with Crippen molar-refractivity contribution < 1.29 is 14.0 Å². The number of rotatable bonds is 4. The maximum Gasteiger partial charge on any atom is 0.329 e. The third kappa shape index (κ3) is 4.47. The van der Waals surface area contributed by atoms with Gasteiger partial charge in [-0.05, 0) is 18.2 Å². The highest BCUT2D eigenvalue weighted by Crippen LogP contribution is 2.11. The van der Waals surface area contributed by atoms with Crippen LogP contribution < -0.4 is 10.7 Å². The summed E-state index contributed by atoms with van der Waals surface area (Å²) in [7, 11) is 0. The molecule has 0 saturated heterocycles. The number of furan rings is 1. The molecule has 0 spiro atoms. The van der Waals surface area contributed by atoms with Crippen LogP contribution in [0, 0.1) is 0 Å². The maximum atomic E-state index is 11.5. The van der Waals surface area contributed by atoms with Crippen molar-refractivity contribution in [1.29, 1.82) is 0 Å². The molecule has 0 aliphatic carbocycles. The highest BCUT2D eigenvalue weighted by atomic mass is 35.5. The molecular formula is C14H12ClN3O3.